The zero-order valence-electron chi connectivity index (χ0n) is 15.3. The number of aromatic nitrogens is 1. The van der Waals surface area contributed by atoms with E-state index in [1.54, 1.807) is 30.1 Å². The number of rotatable bonds is 3. The highest BCUT2D eigenvalue weighted by Gasteiger charge is 2.33. The van der Waals surface area contributed by atoms with Crippen molar-refractivity contribution >= 4 is 38.2 Å². The fourth-order valence-electron chi connectivity index (χ4n) is 3.56. The Bertz CT molecular complexity index is 1160. The smallest absolute Gasteiger partial charge is 0.254 e. The van der Waals surface area contributed by atoms with Crippen molar-refractivity contribution in [2.75, 3.05) is 18.6 Å². The largest absolute Gasteiger partial charge is 0.338 e. The number of fused-ring (bicyclic) bond motifs is 1. The van der Waals surface area contributed by atoms with Crippen LogP contribution in [-0.4, -0.2) is 48.8 Å². The second kappa shape index (κ2) is 7.18. The third-order valence-corrected chi connectivity index (χ3v) is 7.17. The average molecular weight is 415 g/mol. The molecule has 1 aliphatic heterocycles. The Hall–Kier alpha value is -2.44. The van der Waals surface area contributed by atoms with Crippen LogP contribution < -0.4 is 0 Å². The number of carbonyl (C=O) groups is 1. The van der Waals surface area contributed by atoms with E-state index < -0.39 is 9.84 Å². The molecule has 0 radical (unpaired) electrons. The number of nitrogens with zero attached hydrogens (tertiary/aromatic N) is 2. The summed E-state index contributed by atoms with van der Waals surface area (Å²) < 4.78 is 23.6. The van der Waals surface area contributed by atoms with Gasteiger partial charge in [-0.3, -0.25) is 4.79 Å². The monoisotopic (exact) mass is 414 g/mol. The first-order valence-electron chi connectivity index (χ1n) is 8.97. The van der Waals surface area contributed by atoms with Gasteiger partial charge in [0, 0.05) is 29.1 Å². The Morgan fingerprint density at radius 1 is 1.14 bits per heavy atom. The maximum absolute atomic E-state index is 13.3. The van der Waals surface area contributed by atoms with E-state index in [1.165, 1.54) is 0 Å². The molecule has 5 nitrogen and oxygen atoms in total. The number of carbonyl (C=O) groups excluding carboxylic acids is 1. The van der Waals surface area contributed by atoms with Gasteiger partial charge < -0.3 is 4.90 Å². The topological polar surface area (TPSA) is 67.3 Å². The van der Waals surface area contributed by atoms with Crippen molar-refractivity contribution in [3.05, 3.63) is 65.2 Å². The maximum atomic E-state index is 13.3. The van der Waals surface area contributed by atoms with Gasteiger partial charge in [-0.25, -0.2) is 13.4 Å². The summed E-state index contributed by atoms with van der Waals surface area (Å²) in [4.78, 5) is 19.5. The first kappa shape index (κ1) is 18.9. The van der Waals surface area contributed by atoms with Crippen LogP contribution in [0.5, 0.6) is 0 Å². The number of hydrogen-bond donors (Lipinski definition) is 0. The van der Waals surface area contributed by atoms with Crippen molar-refractivity contribution in [2.24, 2.45) is 0 Å². The SMILES string of the molecule is CN(C(=O)c1cc(-c2ccc(Cl)cc2)nc2ccccc12)[C@@H]1CCS(=O)(=O)C1. The number of sulfone groups is 1. The van der Waals surface area contributed by atoms with Crippen LogP contribution in [0.3, 0.4) is 0 Å². The molecule has 0 bridgehead atoms. The molecule has 4 rings (SSSR count). The molecule has 0 spiro atoms. The molecule has 3 aromatic rings. The zero-order chi connectivity index (χ0) is 19.9. The standard InChI is InChI=1S/C21H19ClN2O3S/c1-24(16-10-11-28(26,27)13-16)21(25)18-12-20(14-6-8-15(22)9-7-14)23-19-5-3-2-4-17(18)19/h2-9,12,16H,10-11,13H2,1H3/t16-/m1/s1. The third-order valence-electron chi connectivity index (χ3n) is 5.16. The fraction of sp³-hybridized carbons (Fsp3) is 0.238. The van der Waals surface area contributed by atoms with Gasteiger partial charge in [-0.1, -0.05) is 41.9 Å². The number of hydrogen-bond acceptors (Lipinski definition) is 4. The zero-order valence-corrected chi connectivity index (χ0v) is 16.9. The highest BCUT2D eigenvalue weighted by atomic mass is 35.5. The molecule has 1 amide bonds. The molecule has 0 aliphatic carbocycles. The Balaban J connectivity index is 1.79. The summed E-state index contributed by atoms with van der Waals surface area (Å²) in [6, 6.07) is 16.2. The first-order valence-corrected chi connectivity index (χ1v) is 11.2. The Labute approximate surface area is 168 Å². The molecule has 7 heteroatoms. The number of pyridine rings is 1. The Kier molecular flexibility index (Phi) is 4.85. The van der Waals surface area contributed by atoms with Gasteiger partial charge in [0.25, 0.3) is 5.91 Å². The van der Waals surface area contributed by atoms with Crippen molar-refractivity contribution in [3.63, 3.8) is 0 Å². The van der Waals surface area contributed by atoms with Gasteiger partial charge in [-0.05, 0) is 30.7 Å². The van der Waals surface area contributed by atoms with E-state index >= 15 is 0 Å². The number of halogens is 1. The molecule has 28 heavy (non-hydrogen) atoms. The normalized spacial score (nSPS) is 18.3. The van der Waals surface area contributed by atoms with E-state index in [1.807, 2.05) is 36.4 Å². The molecule has 1 atom stereocenters. The molecule has 0 N–H and O–H groups in total. The Morgan fingerprint density at radius 3 is 2.54 bits per heavy atom. The van der Waals surface area contributed by atoms with Gasteiger partial charge in [0.15, 0.2) is 9.84 Å². The number of benzene rings is 2. The van der Waals surface area contributed by atoms with Gasteiger partial charge in [-0.15, -0.1) is 0 Å². The van der Waals surface area contributed by atoms with Crippen LogP contribution in [-0.2, 0) is 9.84 Å². The van der Waals surface area contributed by atoms with E-state index in [0.717, 1.165) is 10.9 Å². The molecule has 0 unspecified atom stereocenters. The summed E-state index contributed by atoms with van der Waals surface area (Å²) in [6.45, 7) is 0. The van der Waals surface area contributed by atoms with E-state index in [-0.39, 0.29) is 23.5 Å². The highest BCUT2D eigenvalue weighted by molar-refractivity contribution is 7.91. The quantitative estimate of drug-likeness (QED) is 0.653. The Morgan fingerprint density at radius 2 is 1.86 bits per heavy atom. The minimum Gasteiger partial charge on any atom is -0.338 e. The molecule has 1 fully saturated rings. The highest BCUT2D eigenvalue weighted by Crippen LogP contribution is 2.28. The predicted octanol–water partition coefficient (Wildman–Crippen LogP) is 3.81. The van der Waals surface area contributed by atoms with Crippen LogP contribution in [0, 0.1) is 0 Å². The maximum Gasteiger partial charge on any atom is 0.254 e. The summed E-state index contributed by atoms with van der Waals surface area (Å²) in [5.74, 6) is -0.0547. The van der Waals surface area contributed by atoms with E-state index in [4.69, 9.17) is 11.6 Å². The predicted molar refractivity (Wildman–Crippen MR) is 111 cm³/mol. The van der Waals surface area contributed by atoms with E-state index in [0.29, 0.717) is 28.2 Å². The molecular weight excluding hydrogens is 396 g/mol. The molecule has 1 aliphatic rings. The molecular formula is C21H19ClN2O3S. The van der Waals surface area contributed by atoms with Crippen molar-refractivity contribution < 1.29 is 13.2 Å². The molecule has 0 saturated carbocycles. The van der Waals surface area contributed by atoms with Gasteiger partial charge in [0.1, 0.15) is 0 Å². The van der Waals surface area contributed by atoms with Crippen molar-refractivity contribution in [2.45, 2.75) is 12.5 Å². The second-order valence-electron chi connectivity index (χ2n) is 7.05. The second-order valence-corrected chi connectivity index (χ2v) is 9.72. The van der Waals surface area contributed by atoms with Crippen LogP contribution in [0.25, 0.3) is 22.2 Å². The summed E-state index contributed by atoms with van der Waals surface area (Å²) in [7, 11) is -1.40. The molecule has 1 saturated heterocycles. The van der Waals surface area contributed by atoms with Gasteiger partial charge in [0.05, 0.1) is 28.3 Å². The third kappa shape index (κ3) is 3.62. The number of amides is 1. The molecule has 2 aromatic carbocycles. The fourth-order valence-corrected chi connectivity index (χ4v) is 5.46. The van der Waals surface area contributed by atoms with Crippen molar-refractivity contribution in [1.82, 2.24) is 9.88 Å². The van der Waals surface area contributed by atoms with E-state index in [2.05, 4.69) is 4.98 Å². The lowest BCUT2D eigenvalue weighted by Crippen LogP contribution is -2.38. The van der Waals surface area contributed by atoms with Crippen molar-refractivity contribution in [1.29, 1.82) is 0 Å². The lowest BCUT2D eigenvalue weighted by Gasteiger charge is -2.24. The number of para-hydroxylation sites is 1. The van der Waals surface area contributed by atoms with Crippen LogP contribution >= 0.6 is 11.6 Å². The molecule has 2 heterocycles. The van der Waals surface area contributed by atoms with Gasteiger partial charge >= 0.3 is 0 Å². The molecule has 1 aromatic heterocycles. The van der Waals surface area contributed by atoms with Crippen molar-refractivity contribution in [3.8, 4) is 11.3 Å². The summed E-state index contributed by atoms with van der Waals surface area (Å²) >= 11 is 5.98. The molecule has 144 valence electrons. The van der Waals surface area contributed by atoms with Crippen LogP contribution in [0.1, 0.15) is 16.8 Å². The summed E-state index contributed by atoms with van der Waals surface area (Å²) in [5.41, 5.74) is 2.76. The van der Waals surface area contributed by atoms with Crippen LogP contribution in [0.2, 0.25) is 5.02 Å². The average Bonchev–Trinajstić information content (AvgIpc) is 3.06. The van der Waals surface area contributed by atoms with Crippen LogP contribution in [0.15, 0.2) is 54.6 Å². The summed E-state index contributed by atoms with van der Waals surface area (Å²) in [5, 5.41) is 1.38. The summed E-state index contributed by atoms with van der Waals surface area (Å²) in [6.07, 6.45) is 0.470. The van der Waals surface area contributed by atoms with Gasteiger partial charge in [0.2, 0.25) is 0 Å². The van der Waals surface area contributed by atoms with E-state index in [9.17, 15) is 13.2 Å². The minimum atomic E-state index is -3.07. The lowest BCUT2D eigenvalue weighted by molar-refractivity contribution is 0.0749. The van der Waals surface area contributed by atoms with Crippen LogP contribution in [0.4, 0.5) is 0 Å². The minimum absolute atomic E-state index is 0.0162. The van der Waals surface area contributed by atoms with Gasteiger partial charge in [-0.2, -0.15) is 0 Å². The lowest BCUT2D eigenvalue weighted by atomic mass is 10.0. The first-order chi connectivity index (χ1) is 13.3.